The second kappa shape index (κ2) is 12.6. The Labute approximate surface area is 165 Å². The summed E-state index contributed by atoms with van der Waals surface area (Å²) in [5, 5.41) is 15.6. The molecule has 2 N–H and O–H groups in total. The molecule has 1 amide bonds. The van der Waals surface area contributed by atoms with Crippen molar-refractivity contribution in [3.05, 3.63) is 36.5 Å². The monoisotopic (exact) mass is 391 g/mol. The van der Waals surface area contributed by atoms with Crippen LogP contribution in [0.1, 0.15) is 39.5 Å². The highest BCUT2D eigenvalue weighted by Crippen LogP contribution is 2.17. The van der Waals surface area contributed by atoms with Crippen LogP contribution in [0.2, 0.25) is 0 Å². The highest BCUT2D eigenvalue weighted by molar-refractivity contribution is 5.92. The van der Waals surface area contributed by atoms with Crippen LogP contribution in [0.15, 0.2) is 36.5 Å². The second-order valence-electron chi connectivity index (χ2n) is 6.53. The topological polar surface area (TPSA) is 111 Å². The van der Waals surface area contributed by atoms with Gasteiger partial charge in [0.1, 0.15) is 5.82 Å². The molecule has 28 heavy (non-hydrogen) atoms. The summed E-state index contributed by atoms with van der Waals surface area (Å²) >= 11 is 0. The van der Waals surface area contributed by atoms with Crippen LogP contribution in [-0.2, 0) is 14.4 Å². The van der Waals surface area contributed by atoms with Crippen molar-refractivity contribution in [1.29, 1.82) is 0 Å². The van der Waals surface area contributed by atoms with Crippen molar-refractivity contribution < 1.29 is 24.6 Å². The number of carbonyl (C=O) groups excluding carboxylic acids is 1. The summed E-state index contributed by atoms with van der Waals surface area (Å²) in [6.07, 6.45) is 7.27. The Bertz CT molecular complexity index is 641. The quantitative estimate of drug-likeness (QED) is 0.687. The van der Waals surface area contributed by atoms with Crippen molar-refractivity contribution in [3.63, 3.8) is 0 Å². The van der Waals surface area contributed by atoms with Gasteiger partial charge in [0.15, 0.2) is 0 Å². The number of piperidine rings is 1. The molecular weight excluding hydrogens is 362 g/mol. The number of pyridine rings is 1. The zero-order valence-corrected chi connectivity index (χ0v) is 16.5. The normalized spacial score (nSPS) is 15.4. The average Bonchev–Trinajstić information content (AvgIpc) is 2.68. The summed E-state index contributed by atoms with van der Waals surface area (Å²) in [5.74, 6) is -1.60. The molecule has 1 aromatic rings. The summed E-state index contributed by atoms with van der Waals surface area (Å²) in [7, 11) is 0. The Kier molecular flexibility index (Phi) is 10.5. The zero-order valence-electron chi connectivity index (χ0n) is 16.5. The second-order valence-corrected chi connectivity index (χ2v) is 6.53. The number of likely N-dealkylation sites (tertiary alicyclic amines) is 1. The third-order valence-electron chi connectivity index (χ3n) is 4.25. The minimum atomic E-state index is -1.26. The fourth-order valence-corrected chi connectivity index (χ4v) is 3.01. The lowest BCUT2D eigenvalue weighted by atomic mass is 10.1. The molecule has 1 aliphatic rings. The van der Waals surface area contributed by atoms with Gasteiger partial charge in [0.25, 0.3) is 0 Å². The standard InChI is InChI=1S/C16H25N3O.C4H4O4/c1-3-16(20)19(15-9-5-6-10-17-15)14(2)13-18-11-7-4-8-12-18;5-3(6)1-2-4(7)8/h5-6,9-10,14H,3-4,7-8,11-13H2,1-2H3;1-2H,(H,5,6)(H,7,8)/b;2-1-. The summed E-state index contributed by atoms with van der Waals surface area (Å²) in [4.78, 5) is 40.0. The third kappa shape index (κ3) is 8.77. The Morgan fingerprint density at radius 1 is 1.14 bits per heavy atom. The summed E-state index contributed by atoms with van der Waals surface area (Å²) < 4.78 is 0. The van der Waals surface area contributed by atoms with E-state index >= 15 is 0 Å². The number of carboxylic acid groups (broad SMARTS) is 2. The van der Waals surface area contributed by atoms with Gasteiger partial charge in [0.05, 0.1) is 0 Å². The van der Waals surface area contributed by atoms with Gasteiger partial charge in [-0.1, -0.05) is 19.4 Å². The van der Waals surface area contributed by atoms with Crippen molar-refractivity contribution in [1.82, 2.24) is 9.88 Å². The number of aromatic nitrogens is 1. The van der Waals surface area contributed by atoms with E-state index in [0.29, 0.717) is 18.6 Å². The molecule has 0 aliphatic carbocycles. The molecule has 8 heteroatoms. The molecule has 0 aromatic carbocycles. The highest BCUT2D eigenvalue weighted by Gasteiger charge is 2.24. The maximum atomic E-state index is 12.3. The van der Waals surface area contributed by atoms with Gasteiger partial charge in [-0.05, 0) is 45.0 Å². The van der Waals surface area contributed by atoms with Gasteiger partial charge in [0.2, 0.25) is 5.91 Å². The lowest BCUT2D eigenvalue weighted by molar-refractivity contribution is -0.134. The Balaban J connectivity index is 0.000000416. The van der Waals surface area contributed by atoms with E-state index in [0.717, 1.165) is 25.5 Å². The average molecular weight is 391 g/mol. The highest BCUT2D eigenvalue weighted by atomic mass is 16.4. The molecular formula is C20H29N3O5. The van der Waals surface area contributed by atoms with Crippen LogP contribution >= 0.6 is 0 Å². The fourth-order valence-electron chi connectivity index (χ4n) is 3.01. The van der Waals surface area contributed by atoms with Crippen LogP contribution in [0, 0.1) is 0 Å². The number of aliphatic carboxylic acids is 2. The largest absolute Gasteiger partial charge is 0.478 e. The molecule has 1 atom stereocenters. The molecule has 0 bridgehead atoms. The lowest BCUT2D eigenvalue weighted by Crippen LogP contribution is -2.47. The Morgan fingerprint density at radius 2 is 1.75 bits per heavy atom. The van der Waals surface area contributed by atoms with Gasteiger partial charge in [-0.3, -0.25) is 9.69 Å². The Morgan fingerprint density at radius 3 is 2.21 bits per heavy atom. The zero-order chi connectivity index (χ0) is 20.9. The van der Waals surface area contributed by atoms with Crippen LogP contribution in [0.5, 0.6) is 0 Å². The van der Waals surface area contributed by atoms with E-state index in [4.69, 9.17) is 10.2 Å². The molecule has 0 radical (unpaired) electrons. The number of anilines is 1. The predicted molar refractivity (Wildman–Crippen MR) is 106 cm³/mol. The lowest BCUT2D eigenvalue weighted by Gasteiger charge is -2.34. The van der Waals surface area contributed by atoms with Crippen LogP contribution in [-0.4, -0.2) is 63.6 Å². The van der Waals surface area contributed by atoms with Crippen molar-refractivity contribution >= 4 is 23.7 Å². The van der Waals surface area contributed by atoms with Crippen LogP contribution in [0.3, 0.4) is 0 Å². The van der Waals surface area contributed by atoms with Gasteiger partial charge in [-0.15, -0.1) is 0 Å². The molecule has 0 spiro atoms. The van der Waals surface area contributed by atoms with E-state index in [-0.39, 0.29) is 11.9 Å². The van der Waals surface area contributed by atoms with Gasteiger partial charge < -0.3 is 15.1 Å². The number of carbonyl (C=O) groups is 3. The molecule has 2 heterocycles. The van der Waals surface area contributed by atoms with Crippen LogP contribution < -0.4 is 4.90 Å². The molecule has 154 valence electrons. The van der Waals surface area contributed by atoms with Crippen molar-refractivity contribution in [2.75, 3.05) is 24.5 Å². The molecule has 1 aromatic heterocycles. The van der Waals surface area contributed by atoms with E-state index in [1.165, 1.54) is 19.3 Å². The Hall–Kier alpha value is -2.74. The van der Waals surface area contributed by atoms with Crippen molar-refractivity contribution in [2.45, 2.75) is 45.6 Å². The predicted octanol–water partition coefficient (Wildman–Crippen LogP) is 2.41. The van der Waals surface area contributed by atoms with Gasteiger partial charge in [-0.2, -0.15) is 0 Å². The van der Waals surface area contributed by atoms with E-state index in [1.54, 1.807) is 6.20 Å². The first kappa shape index (κ1) is 23.3. The van der Waals surface area contributed by atoms with Gasteiger partial charge in [-0.25, -0.2) is 14.6 Å². The molecule has 0 saturated carbocycles. The number of nitrogens with zero attached hydrogens (tertiary/aromatic N) is 3. The molecule has 8 nitrogen and oxygen atoms in total. The van der Waals surface area contributed by atoms with Crippen molar-refractivity contribution in [2.24, 2.45) is 0 Å². The third-order valence-corrected chi connectivity index (χ3v) is 4.25. The number of rotatable bonds is 7. The van der Waals surface area contributed by atoms with Gasteiger partial charge in [0, 0.05) is 37.4 Å². The first-order chi connectivity index (χ1) is 13.3. The number of amides is 1. The fraction of sp³-hybridized carbons (Fsp3) is 0.500. The van der Waals surface area contributed by atoms with E-state index in [1.807, 2.05) is 30.0 Å². The number of hydrogen-bond donors (Lipinski definition) is 2. The molecule has 2 rings (SSSR count). The molecule has 1 unspecified atom stereocenters. The maximum Gasteiger partial charge on any atom is 0.328 e. The minimum absolute atomic E-state index is 0.146. The van der Waals surface area contributed by atoms with E-state index in [9.17, 15) is 14.4 Å². The van der Waals surface area contributed by atoms with Crippen LogP contribution in [0.4, 0.5) is 5.82 Å². The smallest absolute Gasteiger partial charge is 0.328 e. The van der Waals surface area contributed by atoms with E-state index in [2.05, 4.69) is 16.8 Å². The number of carboxylic acids is 2. The maximum absolute atomic E-state index is 12.3. The van der Waals surface area contributed by atoms with Crippen LogP contribution in [0.25, 0.3) is 0 Å². The first-order valence-corrected chi connectivity index (χ1v) is 9.44. The number of hydrogen-bond acceptors (Lipinski definition) is 5. The molecule has 1 saturated heterocycles. The summed E-state index contributed by atoms with van der Waals surface area (Å²) in [5.41, 5.74) is 0. The summed E-state index contributed by atoms with van der Waals surface area (Å²) in [6, 6.07) is 5.90. The SMILES string of the molecule is CCC(=O)N(c1ccccn1)C(C)CN1CCCCC1.O=C(O)/C=C\C(=O)O. The first-order valence-electron chi connectivity index (χ1n) is 9.44. The van der Waals surface area contributed by atoms with E-state index < -0.39 is 11.9 Å². The van der Waals surface area contributed by atoms with Crippen molar-refractivity contribution in [3.8, 4) is 0 Å². The summed E-state index contributed by atoms with van der Waals surface area (Å²) in [6.45, 7) is 7.27. The molecule has 1 fully saturated rings. The minimum Gasteiger partial charge on any atom is -0.478 e. The molecule has 1 aliphatic heterocycles. The van der Waals surface area contributed by atoms with Gasteiger partial charge >= 0.3 is 11.9 Å².